The number of nitro benzene ring substituents is 1. The molecule has 1 aromatic carbocycles. The monoisotopic (exact) mass is 447 g/mol. The molecule has 11 nitrogen and oxygen atoms in total. The van der Waals surface area contributed by atoms with E-state index in [9.17, 15) is 29.3 Å². The Morgan fingerprint density at radius 3 is 2.31 bits per heavy atom. The van der Waals surface area contributed by atoms with Crippen LogP contribution in [0.15, 0.2) is 24.3 Å². The van der Waals surface area contributed by atoms with Gasteiger partial charge in [0.2, 0.25) is 23.6 Å². The molecule has 1 fully saturated rings. The number of rotatable bonds is 9. The molecular formula is C21H29N5O6. The molecule has 0 saturated carbocycles. The number of carbonyl (C=O) groups excluding carboxylic acids is 4. The minimum absolute atomic E-state index is 0.0510. The largest absolute Gasteiger partial charge is 0.368 e. The van der Waals surface area contributed by atoms with E-state index in [1.165, 1.54) is 36.1 Å². The molecule has 1 aromatic rings. The van der Waals surface area contributed by atoms with Crippen molar-refractivity contribution in [2.24, 2.45) is 11.7 Å². The molecule has 0 bridgehead atoms. The number of nitro groups is 1. The maximum atomic E-state index is 13.3. The van der Waals surface area contributed by atoms with Gasteiger partial charge >= 0.3 is 0 Å². The van der Waals surface area contributed by atoms with E-state index in [0.717, 1.165) is 0 Å². The van der Waals surface area contributed by atoms with Crippen molar-refractivity contribution in [3.8, 4) is 0 Å². The van der Waals surface area contributed by atoms with Crippen LogP contribution in [0.3, 0.4) is 0 Å². The number of primary amides is 1. The van der Waals surface area contributed by atoms with Gasteiger partial charge in [-0.2, -0.15) is 0 Å². The van der Waals surface area contributed by atoms with Crippen molar-refractivity contribution >= 4 is 29.3 Å². The third-order valence-electron chi connectivity index (χ3n) is 5.37. The molecule has 3 atom stereocenters. The van der Waals surface area contributed by atoms with Crippen LogP contribution in [0.1, 0.15) is 39.2 Å². The highest BCUT2D eigenvalue weighted by Gasteiger charge is 2.37. The Hall–Kier alpha value is -3.50. The van der Waals surface area contributed by atoms with Gasteiger partial charge in [-0.1, -0.05) is 26.0 Å². The van der Waals surface area contributed by atoms with Crippen molar-refractivity contribution in [1.82, 2.24) is 15.5 Å². The summed E-state index contributed by atoms with van der Waals surface area (Å²) in [6, 6.07) is 2.99. The summed E-state index contributed by atoms with van der Waals surface area (Å²) in [4.78, 5) is 61.2. The van der Waals surface area contributed by atoms with E-state index in [1.807, 2.05) is 0 Å². The number of nitrogens with two attached hydrogens (primary N) is 1. The number of hydrogen-bond donors (Lipinski definition) is 3. The lowest BCUT2D eigenvalue weighted by molar-refractivity contribution is -0.384. The first kappa shape index (κ1) is 24.8. The van der Waals surface area contributed by atoms with Crippen molar-refractivity contribution < 1.29 is 24.1 Å². The van der Waals surface area contributed by atoms with Crippen LogP contribution in [0.25, 0.3) is 0 Å². The van der Waals surface area contributed by atoms with Gasteiger partial charge in [0.25, 0.3) is 5.69 Å². The quantitative estimate of drug-likeness (QED) is 0.363. The summed E-state index contributed by atoms with van der Waals surface area (Å²) in [5.41, 5.74) is 5.93. The van der Waals surface area contributed by atoms with E-state index in [0.29, 0.717) is 24.9 Å². The van der Waals surface area contributed by atoms with Crippen LogP contribution >= 0.6 is 0 Å². The summed E-state index contributed by atoms with van der Waals surface area (Å²) in [5.74, 6) is -2.24. The van der Waals surface area contributed by atoms with Crippen LogP contribution in [0.2, 0.25) is 0 Å². The molecule has 4 N–H and O–H groups in total. The fourth-order valence-corrected chi connectivity index (χ4v) is 3.73. The van der Waals surface area contributed by atoms with Crippen LogP contribution in [0, 0.1) is 16.0 Å². The zero-order valence-electron chi connectivity index (χ0n) is 18.4. The van der Waals surface area contributed by atoms with Crippen LogP contribution in [-0.4, -0.2) is 58.1 Å². The molecule has 1 aliphatic heterocycles. The molecule has 1 saturated heterocycles. The average molecular weight is 447 g/mol. The van der Waals surface area contributed by atoms with Gasteiger partial charge in [0.15, 0.2) is 0 Å². The number of hydrogen-bond acceptors (Lipinski definition) is 6. The molecule has 0 radical (unpaired) electrons. The zero-order valence-corrected chi connectivity index (χ0v) is 18.4. The molecule has 32 heavy (non-hydrogen) atoms. The normalized spacial score (nSPS) is 17.5. The van der Waals surface area contributed by atoms with Gasteiger partial charge in [-0.05, 0) is 24.3 Å². The molecule has 0 aliphatic carbocycles. The van der Waals surface area contributed by atoms with E-state index in [4.69, 9.17) is 5.73 Å². The molecule has 174 valence electrons. The van der Waals surface area contributed by atoms with Gasteiger partial charge in [-0.3, -0.25) is 29.3 Å². The second-order valence-electron chi connectivity index (χ2n) is 8.20. The van der Waals surface area contributed by atoms with Crippen molar-refractivity contribution in [1.29, 1.82) is 0 Å². The van der Waals surface area contributed by atoms with E-state index in [1.54, 1.807) is 13.8 Å². The molecule has 0 unspecified atom stereocenters. The van der Waals surface area contributed by atoms with Crippen LogP contribution in [0.5, 0.6) is 0 Å². The lowest BCUT2D eigenvalue weighted by Crippen LogP contribution is -2.57. The average Bonchev–Trinajstić information content (AvgIpc) is 3.21. The van der Waals surface area contributed by atoms with Crippen molar-refractivity contribution in [2.75, 3.05) is 6.54 Å². The Balaban J connectivity index is 2.29. The standard InChI is InChI=1S/C21H29N5O6/c1-12(2)18(23-13(3)27)20(29)24-16(11-14-6-8-15(9-7-14)26(31)32)21(30)25-10-4-5-17(25)19(22)28/h6-9,12,16-18H,4-5,10-11H2,1-3H3,(H2,22,28)(H,23,27)(H,24,29)/t16-,17-,18-/m0/s1. The summed E-state index contributed by atoms with van der Waals surface area (Å²) in [6.45, 7) is 5.15. The SMILES string of the molecule is CC(=O)N[C@H](C(=O)N[C@@H](Cc1ccc([N+](=O)[O-])cc1)C(=O)N1CCC[C@H]1C(N)=O)C(C)C. The van der Waals surface area contributed by atoms with Crippen molar-refractivity contribution in [3.63, 3.8) is 0 Å². The molecule has 1 heterocycles. The Bertz CT molecular complexity index is 885. The molecule has 2 rings (SSSR count). The van der Waals surface area contributed by atoms with Crippen LogP contribution in [0.4, 0.5) is 5.69 Å². The van der Waals surface area contributed by atoms with Gasteiger partial charge < -0.3 is 21.3 Å². The van der Waals surface area contributed by atoms with Crippen LogP contribution in [-0.2, 0) is 25.6 Å². The third kappa shape index (κ3) is 6.25. The first-order chi connectivity index (χ1) is 15.0. The molecular weight excluding hydrogens is 418 g/mol. The summed E-state index contributed by atoms with van der Waals surface area (Å²) < 4.78 is 0. The van der Waals surface area contributed by atoms with Crippen molar-refractivity contribution in [3.05, 3.63) is 39.9 Å². The van der Waals surface area contributed by atoms with E-state index < -0.39 is 40.8 Å². The van der Waals surface area contributed by atoms with E-state index >= 15 is 0 Å². The summed E-state index contributed by atoms with van der Waals surface area (Å²) >= 11 is 0. The van der Waals surface area contributed by atoms with Gasteiger partial charge in [0, 0.05) is 32.0 Å². The zero-order chi connectivity index (χ0) is 24.0. The number of non-ortho nitro benzene ring substituents is 1. The number of nitrogens with zero attached hydrogens (tertiary/aromatic N) is 2. The lowest BCUT2D eigenvalue weighted by Gasteiger charge is -2.30. The second-order valence-corrected chi connectivity index (χ2v) is 8.20. The van der Waals surface area contributed by atoms with Crippen molar-refractivity contribution in [2.45, 2.75) is 58.2 Å². The minimum atomic E-state index is -1.04. The summed E-state index contributed by atoms with van der Waals surface area (Å²) in [7, 11) is 0. The van der Waals surface area contributed by atoms with Gasteiger partial charge in [-0.15, -0.1) is 0 Å². The number of amides is 4. The first-order valence-electron chi connectivity index (χ1n) is 10.4. The highest BCUT2D eigenvalue weighted by Crippen LogP contribution is 2.20. The molecule has 0 aromatic heterocycles. The maximum absolute atomic E-state index is 13.3. The highest BCUT2D eigenvalue weighted by molar-refractivity contribution is 5.94. The Kier molecular flexibility index (Phi) is 8.27. The van der Waals surface area contributed by atoms with Gasteiger partial charge in [0.1, 0.15) is 18.1 Å². The fourth-order valence-electron chi connectivity index (χ4n) is 3.73. The predicted octanol–water partition coefficient (Wildman–Crippen LogP) is 0.259. The Morgan fingerprint density at radius 1 is 1.19 bits per heavy atom. The minimum Gasteiger partial charge on any atom is -0.368 e. The van der Waals surface area contributed by atoms with E-state index in [-0.39, 0.29) is 23.9 Å². The predicted molar refractivity (Wildman–Crippen MR) is 115 cm³/mol. The van der Waals surface area contributed by atoms with Gasteiger partial charge in [0.05, 0.1) is 4.92 Å². The summed E-state index contributed by atoms with van der Waals surface area (Å²) in [5, 5.41) is 16.2. The molecule has 4 amide bonds. The number of likely N-dealkylation sites (tertiary alicyclic amines) is 1. The van der Waals surface area contributed by atoms with Gasteiger partial charge in [-0.25, -0.2) is 0 Å². The Labute approximate surface area is 185 Å². The number of benzene rings is 1. The Morgan fingerprint density at radius 2 is 1.81 bits per heavy atom. The topological polar surface area (TPSA) is 165 Å². The maximum Gasteiger partial charge on any atom is 0.269 e. The molecule has 0 spiro atoms. The number of nitrogens with one attached hydrogen (secondary N) is 2. The smallest absolute Gasteiger partial charge is 0.269 e. The highest BCUT2D eigenvalue weighted by atomic mass is 16.6. The molecule has 11 heteroatoms. The third-order valence-corrected chi connectivity index (χ3v) is 5.37. The molecule has 1 aliphatic rings. The fraction of sp³-hybridized carbons (Fsp3) is 0.524. The van der Waals surface area contributed by atoms with Crippen LogP contribution < -0.4 is 16.4 Å². The van der Waals surface area contributed by atoms with E-state index in [2.05, 4.69) is 10.6 Å². The number of carbonyl (C=O) groups is 4. The lowest BCUT2D eigenvalue weighted by atomic mass is 10.0. The summed E-state index contributed by atoms with van der Waals surface area (Å²) in [6.07, 6.45) is 1.10. The second kappa shape index (κ2) is 10.7. The first-order valence-corrected chi connectivity index (χ1v) is 10.4.